The number of urea groups is 1. The highest BCUT2D eigenvalue weighted by Crippen LogP contribution is 2.17. The van der Waals surface area contributed by atoms with Gasteiger partial charge in [-0.25, -0.2) is 4.79 Å². The predicted octanol–water partition coefficient (Wildman–Crippen LogP) is 3.86. The number of amides is 2. The van der Waals surface area contributed by atoms with E-state index < -0.39 is 0 Å². The van der Waals surface area contributed by atoms with Crippen molar-refractivity contribution in [3.05, 3.63) is 54.1 Å². The van der Waals surface area contributed by atoms with E-state index in [4.69, 9.17) is 4.74 Å². The van der Waals surface area contributed by atoms with Gasteiger partial charge in [0.15, 0.2) is 0 Å². The van der Waals surface area contributed by atoms with Crippen LogP contribution in [0.2, 0.25) is 0 Å². The number of hydrogen-bond acceptors (Lipinski definition) is 3. The second-order valence-electron chi connectivity index (χ2n) is 5.38. The average molecular weight is 327 g/mol. The largest absolute Gasteiger partial charge is 0.497 e. The van der Waals surface area contributed by atoms with Gasteiger partial charge in [0.25, 0.3) is 0 Å². The van der Waals surface area contributed by atoms with Gasteiger partial charge in [-0.3, -0.25) is 0 Å². The molecule has 0 fully saturated rings. The van der Waals surface area contributed by atoms with Crippen LogP contribution in [0, 0.1) is 0 Å². The molecule has 0 unspecified atom stereocenters. The second kappa shape index (κ2) is 8.82. The van der Waals surface area contributed by atoms with E-state index >= 15 is 0 Å². The van der Waals surface area contributed by atoms with Crippen molar-refractivity contribution in [1.82, 2.24) is 5.32 Å². The lowest BCUT2D eigenvalue weighted by Gasteiger charge is -2.21. The van der Waals surface area contributed by atoms with Crippen LogP contribution in [0.5, 0.6) is 5.75 Å². The third-order valence-electron chi connectivity index (χ3n) is 3.85. The molecule has 0 aromatic heterocycles. The summed E-state index contributed by atoms with van der Waals surface area (Å²) in [6.07, 6.45) is 0. The fourth-order valence-electron chi connectivity index (χ4n) is 2.47. The van der Waals surface area contributed by atoms with Gasteiger partial charge in [-0.15, -0.1) is 0 Å². The maximum absolute atomic E-state index is 12.0. The van der Waals surface area contributed by atoms with Gasteiger partial charge in [0.1, 0.15) is 5.75 Å². The van der Waals surface area contributed by atoms with Crippen LogP contribution in [0.15, 0.2) is 48.5 Å². The number of anilines is 2. The molecule has 0 aliphatic heterocycles. The van der Waals surface area contributed by atoms with E-state index in [1.54, 1.807) is 13.2 Å². The molecule has 0 heterocycles. The van der Waals surface area contributed by atoms with Gasteiger partial charge in [0, 0.05) is 37.1 Å². The molecule has 0 bridgehead atoms. The maximum atomic E-state index is 12.0. The summed E-state index contributed by atoms with van der Waals surface area (Å²) in [7, 11) is 1.60. The molecular formula is C19H25N3O2. The standard InChI is InChI=1S/C19H25N3O2/c1-4-22(5-2)17-11-9-15(10-12-17)14-20-19(23)21-16-7-6-8-18(13-16)24-3/h6-13H,4-5,14H2,1-3H3,(H2,20,21,23). The van der Waals surface area contributed by atoms with Gasteiger partial charge in [0.2, 0.25) is 0 Å². The fourth-order valence-corrected chi connectivity index (χ4v) is 2.47. The number of methoxy groups -OCH3 is 1. The van der Waals surface area contributed by atoms with E-state index in [1.807, 2.05) is 30.3 Å². The first-order chi connectivity index (χ1) is 11.7. The molecule has 2 aromatic rings. The van der Waals surface area contributed by atoms with Crippen LogP contribution in [0.3, 0.4) is 0 Å². The quantitative estimate of drug-likeness (QED) is 0.812. The van der Waals surface area contributed by atoms with Crippen molar-refractivity contribution in [2.75, 3.05) is 30.4 Å². The number of ether oxygens (including phenoxy) is 1. The van der Waals surface area contributed by atoms with E-state index in [0.717, 1.165) is 18.7 Å². The third kappa shape index (κ3) is 4.91. The fraction of sp³-hybridized carbons (Fsp3) is 0.316. The van der Waals surface area contributed by atoms with E-state index in [-0.39, 0.29) is 6.03 Å². The first-order valence-electron chi connectivity index (χ1n) is 8.19. The molecule has 0 saturated heterocycles. The number of carbonyl (C=O) groups excluding carboxylic acids is 1. The number of rotatable bonds is 7. The van der Waals surface area contributed by atoms with Crippen LogP contribution in [0.4, 0.5) is 16.2 Å². The Bertz CT molecular complexity index is 652. The molecule has 0 aliphatic rings. The molecule has 0 aliphatic carbocycles. The Balaban J connectivity index is 1.87. The highest BCUT2D eigenvalue weighted by molar-refractivity contribution is 5.89. The molecule has 128 valence electrons. The van der Waals surface area contributed by atoms with E-state index in [9.17, 15) is 4.79 Å². The summed E-state index contributed by atoms with van der Waals surface area (Å²) in [4.78, 5) is 14.3. The normalized spacial score (nSPS) is 10.1. The third-order valence-corrected chi connectivity index (χ3v) is 3.85. The lowest BCUT2D eigenvalue weighted by atomic mass is 10.2. The predicted molar refractivity (Wildman–Crippen MR) is 98.9 cm³/mol. The molecule has 2 amide bonds. The summed E-state index contributed by atoms with van der Waals surface area (Å²) in [6.45, 7) is 6.73. The summed E-state index contributed by atoms with van der Waals surface area (Å²) in [5, 5.41) is 5.65. The molecule has 0 saturated carbocycles. The number of nitrogens with one attached hydrogen (secondary N) is 2. The molecule has 0 spiro atoms. The molecule has 0 radical (unpaired) electrons. The molecule has 2 N–H and O–H groups in total. The molecule has 0 atom stereocenters. The minimum absolute atomic E-state index is 0.240. The lowest BCUT2D eigenvalue weighted by Crippen LogP contribution is -2.28. The van der Waals surface area contributed by atoms with Crippen LogP contribution in [0.1, 0.15) is 19.4 Å². The van der Waals surface area contributed by atoms with Crippen molar-refractivity contribution < 1.29 is 9.53 Å². The molecule has 2 aromatic carbocycles. The van der Waals surface area contributed by atoms with E-state index in [1.165, 1.54) is 5.69 Å². The van der Waals surface area contributed by atoms with Gasteiger partial charge in [-0.05, 0) is 43.7 Å². The number of carbonyl (C=O) groups is 1. The van der Waals surface area contributed by atoms with Crippen LogP contribution in [-0.2, 0) is 6.54 Å². The van der Waals surface area contributed by atoms with Crippen LogP contribution < -0.4 is 20.3 Å². The van der Waals surface area contributed by atoms with Crippen molar-refractivity contribution in [2.45, 2.75) is 20.4 Å². The van der Waals surface area contributed by atoms with Crippen molar-refractivity contribution in [1.29, 1.82) is 0 Å². The van der Waals surface area contributed by atoms with E-state index in [2.05, 4.69) is 41.5 Å². The molecule has 5 nitrogen and oxygen atoms in total. The Morgan fingerprint density at radius 3 is 2.42 bits per heavy atom. The number of nitrogens with zero attached hydrogens (tertiary/aromatic N) is 1. The molecule has 2 rings (SSSR count). The number of hydrogen-bond donors (Lipinski definition) is 2. The molecule has 24 heavy (non-hydrogen) atoms. The SMILES string of the molecule is CCN(CC)c1ccc(CNC(=O)Nc2cccc(OC)c2)cc1. The van der Waals surface area contributed by atoms with Crippen molar-refractivity contribution in [2.24, 2.45) is 0 Å². The Morgan fingerprint density at radius 1 is 1.08 bits per heavy atom. The zero-order chi connectivity index (χ0) is 17.4. The van der Waals surface area contributed by atoms with Gasteiger partial charge in [0.05, 0.1) is 7.11 Å². The summed E-state index contributed by atoms with van der Waals surface area (Å²) in [6, 6.07) is 15.3. The Morgan fingerprint density at radius 2 is 1.79 bits per heavy atom. The highest BCUT2D eigenvalue weighted by atomic mass is 16.5. The lowest BCUT2D eigenvalue weighted by molar-refractivity contribution is 0.251. The Kier molecular flexibility index (Phi) is 6.49. The monoisotopic (exact) mass is 327 g/mol. The van der Waals surface area contributed by atoms with Crippen molar-refractivity contribution >= 4 is 17.4 Å². The molecule has 5 heteroatoms. The van der Waals surface area contributed by atoms with Gasteiger partial charge in [-0.2, -0.15) is 0 Å². The van der Waals surface area contributed by atoms with Gasteiger partial charge in [-0.1, -0.05) is 18.2 Å². The highest BCUT2D eigenvalue weighted by Gasteiger charge is 2.04. The van der Waals surface area contributed by atoms with Gasteiger partial charge < -0.3 is 20.3 Å². The smallest absolute Gasteiger partial charge is 0.319 e. The van der Waals surface area contributed by atoms with Crippen molar-refractivity contribution in [3.63, 3.8) is 0 Å². The minimum atomic E-state index is -0.240. The first kappa shape index (κ1) is 17.7. The zero-order valence-electron chi connectivity index (χ0n) is 14.5. The van der Waals surface area contributed by atoms with Crippen LogP contribution >= 0.6 is 0 Å². The average Bonchev–Trinajstić information content (AvgIpc) is 2.62. The van der Waals surface area contributed by atoms with Crippen LogP contribution in [-0.4, -0.2) is 26.2 Å². The topological polar surface area (TPSA) is 53.6 Å². The second-order valence-corrected chi connectivity index (χ2v) is 5.38. The zero-order valence-corrected chi connectivity index (χ0v) is 14.5. The van der Waals surface area contributed by atoms with E-state index in [0.29, 0.717) is 18.0 Å². The summed E-state index contributed by atoms with van der Waals surface area (Å²) >= 11 is 0. The Labute approximate surface area is 143 Å². The van der Waals surface area contributed by atoms with Crippen molar-refractivity contribution in [3.8, 4) is 5.75 Å². The maximum Gasteiger partial charge on any atom is 0.319 e. The van der Waals surface area contributed by atoms with Crippen LogP contribution in [0.25, 0.3) is 0 Å². The number of benzene rings is 2. The summed E-state index contributed by atoms with van der Waals surface area (Å²) in [5.41, 5.74) is 2.96. The minimum Gasteiger partial charge on any atom is -0.497 e. The summed E-state index contributed by atoms with van der Waals surface area (Å²) < 4.78 is 5.14. The molecular weight excluding hydrogens is 302 g/mol. The summed E-state index contributed by atoms with van der Waals surface area (Å²) in [5.74, 6) is 0.708. The Hall–Kier alpha value is -2.69. The van der Waals surface area contributed by atoms with Gasteiger partial charge >= 0.3 is 6.03 Å². The first-order valence-corrected chi connectivity index (χ1v) is 8.19.